The second-order valence-corrected chi connectivity index (χ2v) is 6.63. The highest BCUT2D eigenvalue weighted by molar-refractivity contribution is 6.03. The third kappa shape index (κ3) is 4.41. The van der Waals surface area contributed by atoms with Crippen LogP contribution in [-0.4, -0.2) is 26.0 Å². The number of ether oxygens (including phenoxy) is 1. The van der Waals surface area contributed by atoms with Crippen LogP contribution < -0.4 is 10.1 Å². The number of anilines is 1. The summed E-state index contributed by atoms with van der Waals surface area (Å²) in [6.45, 7) is 5.70. The predicted molar refractivity (Wildman–Crippen MR) is 107 cm³/mol. The molecule has 0 saturated heterocycles. The van der Waals surface area contributed by atoms with Crippen LogP contribution >= 0.6 is 0 Å². The Kier molecular flexibility index (Phi) is 5.45. The number of aryl methyl sites for hydroxylation is 2. The molecule has 0 atom stereocenters. The minimum atomic E-state index is -0.770. The average Bonchev–Trinajstić information content (AvgIpc) is 3.16. The standard InChI is InChI=1S/C19H17N5O6/c1-10-4-11(2)12(3)17(5-10)30-15-7-13(6-14(8-15)23(26)27)20-19(25)16-9-18(22-21-16)24(28)29/h4-9H,1-3H3,(H,20,25)(H,21,22). The number of nitro groups is 2. The number of hydrogen-bond donors (Lipinski definition) is 2. The fourth-order valence-electron chi connectivity index (χ4n) is 2.77. The van der Waals surface area contributed by atoms with E-state index in [2.05, 4.69) is 15.5 Å². The Morgan fingerprint density at radius 2 is 1.77 bits per heavy atom. The van der Waals surface area contributed by atoms with Gasteiger partial charge in [0.25, 0.3) is 11.6 Å². The van der Waals surface area contributed by atoms with E-state index in [1.807, 2.05) is 32.9 Å². The number of carbonyl (C=O) groups excluding carboxylic acids is 1. The van der Waals surface area contributed by atoms with Crippen molar-refractivity contribution in [3.05, 3.63) is 79.0 Å². The third-order valence-corrected chi connectivity index (χ3v) is 4.35. The maximum Gasteiger partial charge on any atom is 0.343 e. The first-order valence-electron chi connectivity index (χ1n) is 8.70. The zero-order valence-electron chi connectivity index (χ0n) is 16.3. The number of nitrogens with zero attached hydrogens (tertiary/aromatic N) is 3. The maximum absolute atomic E-state index is 12.3. The van der Waals surface area contributed by atoms with Gasteiger partial charge in [0, 0.05) is 12.1 Å². The topological polar surface area (TPSA) is 153 Å². The molecule has 0 radical (unpaired) electrons. The number of aromatic amines is 1. The Morgan fingerprint density at radius 1 is 1.03 bits per heavy atom. The van der Waals surface area contributed by atoms with E-state index in [9.17, 15) is 25.0 Å². The van der Waals surface area contributed by atoms with Crippen LogP contribution in [0.25, 0.3) is 0 Å². The second-order valence-electron chi connectivity index (χ2n) is 6.63. The lowest BCUT2D eigenvalue weighted by Crippen LogP contribution is -2.12. The van der Waals surface area contributed by atoms with Crippen LogP contribution in [0.15, 0.2) is 36.4 Å². The molecule has 0 saturated carbocycles. The molecule has 0 aliphatic carbocycles. The van der Waals surface area contributed by atoms with Crippen LogP contribution in [0.2, 0.25) is 0 Å². The molecule has 2 aromatic carbocycles. The lowest BCUT2D eigenvalue weighted by molar-refractivity contribution is -0.389. The molecule has 11 nitrogen and oxygen atoms in total. The van der Waals surface area contributed by atoms with E-state index in [1.54, 1.807) is 0 Å². The lowest BCUT2D eigenvalue weighted by atomic mass is 10.1. The van der Waals surface area contributed by atoms with Gasteiger partial charge >= 0.3 is 5.82 Å². The van der Waals surface area contributed by atoms with E-state index >= 15 is 0 Å². The van der Waals surface area contributed by atoms with Gasteiger partial charge in [-0.2, -0.15) is 0 Å². The lowest BCUT2D eigenvalue weighted by Gasteiger charge is -2.13. The van der Waals surface area contributed by atoms with Gasteiger partial charge in [0.1, 0.15) is 11.5 Å². The number of aromatic nitrogens is 2. The number of hydrogen-bond acceptors (Lipinski definition) is 7. The number of amides is 1. The van der Waals surface area contributed by atoms with Gasteiger partial charge in [-0.1, -0.05) is 11.2 Å². The zero-order chi connectivity index (χ0) is 22.0. The van der Waals surface area contributed by atoms with Crippen molar-refractivity contribution >= 4 is 23.1 Å². The number of nitrogens with one attached hydrogen (secondary N) is 2. The first kappa shape index (κ1) is 20.5. The molecular weight excluding hydrogens is 394 g/mol. The van der Waals surface area contributed by atoms with E-state index in [1.165, 1.54) is 12.1 Å². The molecule has 1 aromatic heterocycles. The van der Waals surface area contributed by atoms with Gasteiger partial charge in [0.2, 0.25) is 0 Å². The largest absolute Gasteiger partial charge is 0.457 e. The van der Waals surface area contributed by atoms with Crippen LogP contribution in [0.1, 0.15) is 27.2 Å². The monoisotopic (exact) mass is 411 g/mol. The molecule has 1 amide bonds. The number of H-pyrrole nitrogens is 1. The van der Waals surface area contributed by atoms with Crippen molar-refractivity contribution in [1.29, 1.82) is 0 Å². The van der Waals surface area contributed by atoms with Crippen molar-refractivity contribution in [2.75, 3.05) is 5.32 Å². The summed E-state index contributed by atoms with van der Waals surface area (Å²) in [6, 6.07) is 8.57. The highest BCUT2D eigenvalue weighted by atomic mass is 16.6. The van der Waals surface area contributed by atoms with Crippen molar-refractivity contribution in [2.45, 2.75) is 20.8 Å². The molecule has 3 rings (SSSR count). The predicted octanol–water partition coefficient (Wildman–Crippen LogP) is 4.20. The molecular formula is C19H17N5O6. The fraction of sp³-hybridized carbons (Fsp3) is 0.158. The molecule has 0 spiro atoms. The second kappa shape index (κ2) is 7.99. The Morgan fingerprint density at radius 3 is 2.40 bits per heavy atom. The van der Waals surface area contributed by atoms with Gasteiger partial charge in [0.05, 0.1) is 22.7 Å². The number of nitro benzene ring substituents is 1. The van der Waals surface area contributed by atoms with E-state index in [4.69, 9.17) is 4.74 Å². The minimum absolute atomic E-state index is 0.0804. The minimum Gasteiger partial charge on any atom is -0.457 e. The smallest absolute Gasteiger partial charge is 0.343 e. The van der Waals surface area contributed by atoms with Gasteiger partial charge in [-0.25, -0.2) is 0 Å². The van der Waals surface area contributed by atoms with Crippen molar-refractivity contribution in [3.63, 3.8) is 0 Å². The third-order valence-electron chi connectivity index (χ3n) is 4.35. The Labute approximate surface area is 170 Å². The molecule has 0 unspecified atom stereocenters. The Hall–Kier alpha value is -4.28. The summed E-state index contributed by atoms with van der Waals surface area (Å²) >= 11 is 0. The van der Waals surface area contributed by atoms with Gasteiger partial charge in [-0.3, -0.25) is 14.9 Å². The highest BCUT2D eigenvalue weighted by Crippen LogP contribution is 2.33. The number of rotatable bonds is 6. The summed E-state index contributed by atoms with van der Waals surface area (Å²) in [7, 11) is 0. The van der Waals surface area contributed by atoms with Gasteiger partial charge < -0.3 is 20.2 Å². The molecule has 154 valence electrons. The molecule has 3 aromatic rings. The van der Waals surface area contributed by atoms with Crippen molar-refractivity contribution in [2.24, 2.45) is 0 Å². The average molecular weight is 411 g/mol. The van der Waals surface area contributed by atoms with Crippen LogP contribution in [0, 0.1) is 41.0 Å². The normalized spacial score (nSPS) is 10.5. The number of benzene rings is 2. The molecule has 30 heavy (non-hydrogen) atoms. The summed E-state index contributed by atoms with van der Waals surface area (Å²) in [5, 5.41) is 30.2. The molecule has 0 fully saturated rings. The van der Waals surface area contributed by atoms with E-state index in [0.29, 0.717) is 5.75 Å². The molecule has 0 bridgehead atoms. The molecule has 0 aliphatic heterocycles. The summed E-state index contributed by atoms with van der Waals surface area (Å²) in [4.78, 5) is 33.0. The summed E-state index contributed by atoms with van der Waals surface area (Å²) in [6.07, 6.45) is 0. The molecule has 2 N–H and O–H groups in total. The van der Waals surface area contributed by atoms with Crippen molar-refractivity contribution < 1.29 is 19.4 Å². The summed E-state index contributed by atoms with van der Waals surface area (Å²) in [5.41, 5.74) is 2.40. The van der Waals surface area contributed by atoms with Gasteiger partial charge in [-0.15, -0.1) is 5.10 Å². The van der Waals surface area contributed by atoms with E-state index in [-0.39, 0.29) is 22.8 Å². The van der Waals surface area contributed by atoms with Crippen molar-refractivity contribution in [1.82, 2.24) is 10.2 Å². The molecule has 11 heteroatoms. The number of carbonyl (C=O) groups is 1. The quantitative estimate of drug-likeness (QED) is 0.455. The highest BCUT2D eigenvalue weighted by Gasteiger charge is 2.19. The van der Waals surface area contributed by atoms with Gasteiger partial charge in [0.15, 0.2) is 5.69 Å². The van der Waals surface area contributed by atoms with E-state index < -0.39 is 21.6 Å². The van der Waals surface area contributed by atoms with Gasteiger partial charge in [-0.05, 0) is 48.5 Å². The summed E-state index contributed by atoms with van der Waals surface area (Å²) < 4.78 is 5.86. The van der Waals surface area contributed by atoms with Crippen LogP contribution in [0.4, 0.5) is 17.2 Å². The van der Waals surface area contributed by atoms with Crippen LogP contribution in [0.5, 0.6) is 11.5 Å². The number of non-ortho nitro benzene ring substituents is 1. The first-order valence-corrected chi connectivity index (χ1v) is 8.70. The van der Waals surface area contributed by atoms with Crippen molar-refractivity contribution in [3.8, 4) is 11.5 Å². The summed E-state index contributed by atoms with van der Waals surface area (Å²) in [5.74, 6) is -0.532. The fourth-order valence-corrected chi connectivity index (χ4v) is 2.77. The maximum atomic E-state index is 12.3. The van der Waals surface area contributed by atoms with E-state index in [0.717, 1.165) is 28.8 Å². The van der Waals surface area contributed by atoms with Crippen LogP contribution in [0.3, 0.4) is 0 Å². The van der Waals surface area contributed by atoms with Crippen LogP contribution in [-0.2, 0) is 0 Å². The zero-order valence-corrected chi connectivity index (χ0v) is 16.3. The first-order chi connectivity index (χ1) is 14.1. The molecule has 0 aliphatic rings. The molecule has 1 heterocycles. The Balaban J connectivity index is 1.92. The SMILES string of the molecule is Cc1cc(C)c(C)c(Oc2cc(NC(=O)c3cc([N+](=O)[O-])[nH]n3)cc([N+](=O)[O-])c2)c1. The Bertz CT molecular complexity index is 1170.